The van der Waals surface area contributed by atoms with Gasteiger partial charge < -0.3 is 15.4 Å². The van der Waals surface area contributed by atoms with Gasteiger partial charge >= 0.3 is 0 Å². The fraction of sp³-hybridized carbons (Fsp3) is 0.909. The van der Waals surface area contributed by atoms with Crippen molar-refractivity contribution in [3.05, 3.63) is 0 Å². The molecule has 1 atom stereocenters. The highest BCUT2D eigenvalue weighted by Gasteiger charge is 2.11. The normalized spacial score (nSPS) is 12.5. The fourth-order valence-electron chi connectivity index (χ4n) is 1.29. The molecule has 4 nitrogen and oxygen atoms in total. The van der Waals surface area contributed by atoms with Crippen molar-refractivity contribution in [2.24, 2.45) is 5.73 Å². The summed E-state index contributed by atoms with van der Waals surface area (Å²) < 4.78 is 5.22. The summed E-state index contributed by atoms with van der Waals surface area (Å²) in [5, 5.41) is 0. The van der Waals surface area contributed by atoms with Crippen molar-refractivity contribution in [3.8, 4) is 0 Å². The number of likely N-dealkylation sites (N-methyl/N-ethyl adjacent to an activating group) is 1. The molecule has 0 spiro atoms. The molecule has 1 unspecified atom stereocenters. The topological polar surface area (TPSA) is 55.6 Å². The van der Waals surface area contributed by atoms with E-state index in [-0.39, 0.29) is 11.9 Å². The van der Waals surface area contributed by atoms with Crippen LogP contribution in [0.2, 0.25) is 0 Å². The minimum Gasteiger partial charge on any atom is -0.380 e. The first-order valence-corrected chi connectivity index (χ1v) is 5.72. The Morgan fingerprint density at radius 1 is 1.47 bits per heavy atom. The second kappa shape index (κ2) is 8.68. The Labute approximate surface area is 92.8 Å². The zero-order chi connectivity index (χ0) is 11.7. The van der Waals surface area contributed by atoms with E-state index in [1.54, 1.807) is 0 Å². The molecule has 0 aliphatic rings. The van der Waals surface area contributed by atoms with Gasteiger partial charge in [0.2, 0.25) is 5.91 Å². The molecule has 0 bridgehead atoms. The van der Waals surface area contributed by atoms with Gasteiger partial charge in [-0.25, -0.2) is 0 Å². The molecule has 0 aromatic carbocycles. The van der Waals surface area contributed by atoms with E-state index in [9.17, 15) is 4.79 Å². The minimum absolute atomic E-state index is 0.0968. The molecule has 0 fully saturated rings. The van der Waals surface area contributed by atoms with Crippen molar-refractivity contribution >= 4 is 5.91 Å². The summed E-state index contributed by atoms with van der Waals surface area (Å²) in [6.07, 6.45) is 1.29. The number of nitrogens with zero attached hydrogens (tertiary/aromatic N) is 1. The van der Waals surface area contributed by atoms with Gasteiger partial charge in [0.05, 0.1) is 6.61 Å². The summed E-state index contributed by atoms with van der Waals surface area (Å²) in [5.41, 5.74) is 5.61. The van der Waals surface area contributed by atoms with Crippen LogP contribution in [-0.4, -0.2) is 43.2 Å². The zero-order valence-corrected chi connectivity index (χ0v) is 10.2. The first-order valence-electron chi connectivity index (χ1n) is 5.72. The molecular formula is C11H24N2O2. The molecule has 4 heteroatoms. The van der Waals surface area contributed by atoms with E-state index in [1.807, 2.05) is 25.7 Å². The maximum Gasteiger partial charge on any atom is 0.222 e. The van der Waals surface area contributed by atoms with Crippen LogP contribution in [0.1, 0.15) is 33.6 Å². The second-order valence-electron chi connectivity index (χ2n) is 3.69. The predicted octanol–water partition coefficient (Wildman–Crippen LogP) is 0.999. The van der Waals surface area contributed by atoms with Crippen LogP contribution < -0.4 is 5.73 Å². The SMILES string of the molecule is CCOCCN(CC)C(=O)CCC(C)N. The largest absolute Gasteiger partial charge is 0.380 e. The second-order valence-corrected chi connectivity index (χ2v) is 3.69. The van der Waals surface area contributed by atoms with E-state index < -0.39 is 0 Å². The van der Waals surface area contributed by atoms with Gasteiger partial charge in [-0.3, -0.25) is 4.79 Å². The van der Waals surface area contributed by atoms with Gasteiger partial charge in [0, 0.05) is 32.2 Å². The number of ether oxygens (including phenoxy) is 1. The molecule has 0 aromatic rings. The highest BCUT2D eigenvalue weighted by Crippen LogP contribution is 2.00. The Morgan fingerprint density at radius 3 is 2.60 bits per heavy atom. The van der Waals surface area contributed by atoms with Crippen molar-refractivity contribution in [2.45, 2.75) is 39.7 Å². The smallest absolute Gasteiger partial charge is 0.222 e. The van der Waals surface area contributed by atoms with E-state index in [0.717, 1.165) is 13.0 Å². The molecule has 1 amide bonds. The Balaban J connectivity index is 3.77. The number of amides is 1. The van der Waals surface area contributed by atoms with Crippen LogP contribution in [0.25, 0.3) is 0 Å². The van der Waals surface area contributed by atoms with Gasteiger partial charge in [0.25, 0.3) is 0 Å². The predicted molar refractivity (Wildman–Crippen MR) is 61.6 cm³/mol. The van der Waals surface area contributed by atoms with Crippen LogP contribution in [0, 0.1) is 0 Å². The lowest BCUT2D eigenvalue weighted by atomic mass is 10.2. The Bertz CT molecular complexity index is 172. The Hall–Kier alpha value is -0.610. The van der Waals surface area contributed by atoms with Crippen LogP contribution in [0.5, 0.6) is 0 Å². The van der Waals surface area contributed by atoms with Crippen LogP contribution in [0.15, 0.2) is 0 Å². The van der Waals surface area contributed by atoms with E-state index in [4.69, 9.17) is 10.5 Å². The van der Waals surface area contributed by atoms with Gasteiger partial charge in [-0.15, -0.1) is 0 Å². The van der Waals surface area contributed by atoms with Crippen LogP contribution >= 0.6 is 0 Å². The molecule has 2 N–H and O–H groups in total. The number of nitrogens with two attached hydrogens (primary N) is 1. The standard InChI is InChI=1S/C11H24N2O2/c1-4-13(8-9-15-5-2)11(14)7-6-10(3)12/h10H,4-9,12H2,1-3H3. The van der Waals surface area contributed by atoms with Crippen molar-refractivity contribution in [3.63, 3.8) is 0 Å². The average Bonchev–Trinajstić information content (AvgIpc) is 2.21. The lowest BCUT2D eigenvalue weighted by molar-refractivity contribution is -0.131. The minimum atomic E-state index is 0.0968. The number of hydrogen-bond donors (Lipinski definition) is 1. The lowest BCUT2D eigenvalue weighted by Crippen LogP contribution is -2.34. The molecule has 0 aliphatic carbocycles. The van der Waals surface area contributed by atoms with Gasteiger partial charge in [0.15, 0.2) is 0 Å². The maximum absolute atomic E-state index is 11.7. The summed E-state index contributed by atoms with van der Waals surface area (Å²) in [6.45, 7) is 8.60. The third-order valence-electron chi connectivity index (χ3n) is 2.26. The van der Waals surface area contributed by atoms with Crippen molar-refractivity contribution < 1.29 is 9.53 Å². The van der Waals surface area contributed by atoms with E-state index in [1.165, 1.54) is 0 Å². The summed E-state index contributed by atoms with van der Waals surface area (Å²) in [6, 6.07) is 0.0968. The fourth-order valence-corrected chi connectivity index (χ4v) is 1.29. The Morgan fingerprint density at radius 2 is 2.13 bits per heavy atom. The van der Waals surface area contributed by atoms with Crippen molar-refractivity contribution in [2.75, 3.05) is 26.3 Å². The average molecular weight is 216 g/mol. The van der Waals surface area contributed by atoms with Crippen molar-refractivity contribution in [1.29, 1.82) is 0 Å². The molecule has 0 saturated heterocycles. The van der Waals surface area contributed by atoms with E-state index in [2.05, 4.69) is 0 Å². The third-order valence-corrected chi connectivity index (χ3v) is 2.26. The summed E-state index contributed by atoms with van der Waals surface area (Å²) in [5.74, 6) is 0.175. The molecular weight excluding hydrogens is 192 g/mol. The molecule has 0 aliphatic heterocycles. The summed E-state index contributed by atoms with van der Waals surface area (Å²) >= 11 is 0. The highest BCUT2D eigenvalue weighted by atomic mass is 16.5. The molecule has 0 rings (SSSR count). The lowest BCUT2D eigenvalue weighted by Gasteiger charge is -2.21. The van der Waals surface area contributed by atoms with E-state index >= 15 is 0 Å². The summed E-state index contributed by atoms with van der Waals surface area (Å²) in [7, 11) is 0. The molecule has 0 saturated carbocycles. The number of hydrogen-bond acceptors (Lipinski definition) is 3. The Kier molecular flexibility index (Phi) is 8.33. The van der Waals surface area contributed by atoms with Gasteiger partial charge in [-0.05, 0) is 27.2 Å². The first kappa shape index (κ1) is 14.4. The zero-order valence-electron chi connectivity index (χ0n) is 10.2. The molecule has 0 radical (unpaired) electrons. The highest BCUT2D eigenvalue weighted by molar-refractivity contribution is 5.76. The molecule has 0 aromatic heterocycles. The summed E-state index contributed by atoms with van der Waals surface area (Å²) in [4.78, 5) is 13.5. The third kappa shape index (κ3) is 7.33. The first-order chi connectivity index (χ1) is 7.11. The van der Waals surface area contributed by atoms with Gasteiger partial charge in [-0.2, -0.15) is 0 Å². The van der Waals surface area contributed by atoms with Gasteiger partial charge in [-0.1, -0.05) is 0 Å². The quantitative estimate of drug-likeness (QED) is 0.616. The van der Waals surface area contributed by atoms with Gasteiger partial charge in [0.1, 0.15) is 0 Å². The molecule has 15 heavy (non-hydrogen) atoms. The van der Waals surface area contributed by atoms with Crippen LogP contribution in [0.4, 0.5) is 0 Å². The van der Waals surface area contributed by atoms with E-state index in [0.29, 0.717) is 26.2 Å². The maximum atomic E-state index is 11.7. The molecule has 0 heterocycles. The van der Waals surface area contributed by atoms with Crippen LogP contribution in [0.3, 0.4) is 0 Å². The monoisotopic (exact) mass is 216 g/mol. The number of rotatable bonds is 8. The number of carbonyl (C=O) groups excluding carboxylic acids is 1. The molecule has 90 valence electrons. The van der Waals surface area contributed by atoms with Crippen LogP contribution in [-0.2, 0) is 9.53 Å². The number of carbonyl (C=O) groups is 1. The van der Waals surface area contributed by atoms with Crippen molar-refractivity contribution in [1.82, 2.24) is 4.90 Å².